The minimum absolute atomic E-state index is 0.525. The van der Waals surface area contributed by atoms with Gasteiger partial charge in [-0.2, -0.15) is 14.7 Å². The fourth-order valence-electron chi connectivity index (χ4n) is 1.64. The van der Waals surface area contributed by atoms with Gasteiger partial charge in [-0.15, -0.1) is 0 Å². The maximum atomic E-state index is 9.30. The third-order valence-corrected chi connectivity index (χ3v) is 3.34. The first-order valence-corrected chi connectivity index (χ1v) is 5.97. The highest BCUT2D eigenvalue weighted by Crippen LogP contribution is 2.31. The van der Waals surface area contributed by atoms with Gasteiger partial charge in [-0.25, -0.2) is 9.67 Å². The standard InChI is InChI=1S/C12H7N5S/c13-6-10-11(9-4-2-1-3-5-9)18-16-12(10)17-8-14-7-15-17/h1-5,7-8H. The summed E-state index contributed by atoms with van der Waals surface area (Å²) in [5.41, 5.74) is 1.51. The van der Waals surface area contributed by atoms with Crippen LogP contribution in [0.25, 0.3) is 16.3 Å². The monoisotopic (exact) mass is 253 g/mol. The summed E-state index contributed by atoms with van der Waals surface area (Å²) in [4.78, 5) is 4.71. The van der Waals surface area contributed by atoms with Crippen LogP contribution in [0.5, 0.6) is 0 Å². The lowest BCUT2D eigenvalue weighted by Crippen LogP contribution is -1.97. The Morgan fingerprint density at radius 1 is 1.22 bits per heavy atom. The Bertz CT molecular complexity index is 694. The Morgan fingerprint density at radius 2 is 2.06 bits per heavy atom. The topological polar surface area (TPSA) is 67.4 Å². The van der Waals surface area contributed by atoms with E-state index in [0.29, 0.717) is 11.4 Å². The van der Waals surface area contributed by atoms with Gasteiger partial charge in [-0.05, 0) is 17.1 Å². The molecule has 0 spiro atoms. The first-order valence-electron chi connectivity index (χ1n) is 5.20. The normalized spacial score (nSPS) is 10.2. The molecule has 18 heavy (non-hydrogen) atoms. The van der Waals surface area contributed by atoms with E-state index < -0.39 is 0 Å². The van der Waals surface area contributed by atoms with Gasteiger partial charge in [0.25, 0.3) is 0 Å². The van der Waals surface area contributed by atoms with Crippen LogP contribution in [-0.4, -0.2) is 19.1 Å². The Balaban J connectivity index is 2.17. The number of nitriles is 1. The lowest BCUT2D eigenvalue weighted by atomic mass is 10.1. The average Bonchev–Trinajstić information content (AvgIpc) is 3.08. The van der Waals surface area contributed by atoms with E-state index in [-0.39, 0.29) is 0 Å². The second kappa shape index (κ2) is 4.39. The van der Waals surface area contributed by atoms with Crippen molar-refractivity contribution in [1.29, 1.82) is 5.26 Å². The molecule has 2 heterocycles. The highest BCUT2D eigenvalue weighted by Gasteiger charge is 2.16. The van der Waals surface area contributed by atoms with Gasteiger partial charge in [-0.3, -0.25) is 0 Å². The molecular weight excluding hydrogens is 246 g/mol. The minimum Gasteiger partial charge on any atom is -0.223 e. The van der Waals surface area contributed by atoms with Crippen molar-refractivity contribution in [3.8, 4) is 22.3 Å². The van der Waals surface area contributed by atoms with Crippen LogP contribution in [0.2, 0.25) is 0 Å². The number of aromatic nitrogens is 4. The molecule has 0 bridgehead atoms. The zero-order valence-electron chi connectivity index (χ0n) is 9.19. The molecule has 0 amide bonds. The first kappa shape index (κ1) is 10.6. The molecule has 0 saturated heterocycles. The third kappa shape index (κ3) is 1.67. The summed E-state index contributed by atoms with van der Waals surface area (Å²) < 4.78 is 5.79. The zero-order chi connectivity index (χ0) is 12.4. The van der Waals surface area contributed by atoms with Gasteiger partial charge in [0.1, 0.15) is 24.3 Å². The van der Waals surface area contributed by atoms with E-state index in [1.165, 1.54) is 28.9 Å². The second-order valence-corrected chi connectivity index (χ2v) is 4.30. The molecule has 2 aromatic heterocycles. The fourth-order valence-corrected chi connectivity index (χ4v) is 2.47. The second-order valence-electron chi connectivity index (χ2n) is 3.53. The van der Waals surface area contributed by atoms with Crippen molar-refractivity contribution >= 4 is 11.5 Å². The molecule has 0 aliphatic carbocycles. The summed E-state index contributed by atoms with van der Waals surface area (Å²) in [6.45, 7) is 0. The molecule has 3 aromatic rings. The van der Waals surface area contributed by atoms with E-state index in [2.05, 4.69) is 20.5 Å². The summed E-state index contributed by atoms with van der Waals surface area (Å²) in [7, 11) is 0. The molecule has 5 nitrogen and oxygen atoms in total. The van der Waals surface area contributed by atoms with Crippen molar-refractivity contribution < 1.29 is 0 Å². The van der Waals surface area contributed by atoms with Crippen molar-refractivity contribution in [3.05, 3.63) is 48.5 Å². The van der Waals surface area contributed by atoms with E-state index in [9.17, 15) is 5.26 Å². The molecule has 86 valence electrons. The lowest BCUT2D eigenvalue weighted by Gasteiger charge is -1.97. The smallest absolute Gasteiger partial charge is 0.187 e. The van der Waals surface area contributed by atoms with E-state index >= 15 is 0 Å². The van der Waals surface area contributed by atoms with Gasteiger partial charge in [0.05, 0.1) is 4.88 Å². The highest BCUT2D eigenvalue weighted by atomic mass is 32.1. The van der Waals surface area contributed by atoms with E-state index in [1.54, 1.807) is 0 Å². The summed E-state index contributed by atoms with van der Waals surface area (Å²) in [5, 5.41) is 13.3. The average molecular weight is 253 g/mol. The van der Waals surface area contributed by atoms with E-state index in [4.69, 9.17) is 0 Å². The number of hydrogen-bond donors (Lipinski definition) is 0. The quantitative estimate of drug-likeness (QED) is 0.702. The first-order chi connectivity index (χ1) is 8.90. The van der Waals surface area contributed by atoms with Crippen molar-refractivity contribution in [2.75, 3.05) is 0 Å². The summed E-state index contributed by atoms with van der Waals surface area (Å²) >= 11 is 1.29. The number of nitrogens with zero attached hydrogens (tertiary/aromatic N) is 5. The summed E-state index contributed by atoms with van der Waals surface area (Å²) in [6.07, 6.45) is 2.95. The number of rotatable bonds is 2. The van der Waals surface area contributed by atoms with Crippen molar-refractivity contribution in [2.45, 2.75) is 0 Å². The Morgan fingerprint density at radius 3 is 2.72 bits per heavy atom. The summed E-state index contributed by atoms with van der Waals surface area (Å²) in [5.74, 6) is 0.527. The van der Waals surface area contributed by atoms with Crippen molar-refractivity contribution in [2.24, 2.45) is 0 Å². The van der Waals surface area contributed by atoms with Crippen LogP contribution in [-0.2, 0) is 0 Å². The van der Waals surface area contributed by atoms with Crippen LogP contribution in [0.1, 0.15) is 5.56 Å². The largest absolute Gasteiger partial charge is 0.223 e. The molecule has 3 rings (SSSR count). The van der Waals surface area contributed by atoms with Crippen LogP contribution >= 0.6 is 11.5 Å². The van der Waals surface area contributed by atoms with Crippen LogP contribution in [0.15, 0.2) is 43.0 Å². The molecule has 0 atom stereocenters. The molecule has 0 N–H and O–H groups in total. The molecule has 0 saturated carbocycles. The maximum absolute atomic E-state index is 9.30. The number of hydrogen-bond acceptors (Lipinski definition) is 5. The van der Waals surface area contributed by atoms with Crippen LogP contribution < -0.4 is 0 Å². The highest BCUT2D eigenvalue weighted by molar-refractivity contribution is 7.10. The van der Waals surface area contributed by atoms with Gasteiger partial charge in [0.15, 0.2) is 5.82 Å². The third-order valence-electron chi connectivity index (χ3n) is 2.46. The molecule has 0 aliphatic heterocycles. The predicted octanol–water partition coefficient (Wildman–Crippen LogP) is 2.26. The Labute approximate surface area is 107 Å². The lowest BCUT2D eigenvalue weighted by molar-refractivity contribution is 0.856. The molecule has 0 fully saturated rings. The van der Waals surface area contributed by atoms with Crippen molar-refractivity contribution in [3.63, 3.8) is 0 Å². The zero-order valence-corrected chi connectivity index (χ0v) is 10.0. The molecule has 0 radical (unpaired) electrons. The van der Waals surface area contributed by atoms with Gasteiger partial charge < -0.3 is 0 Å². The van der Waals surface area contributed by atoms with Crippen LogP contribution in [0.3, 0.4) is 0 Å². The number of benzene rings is 1. The minimum atomic E-state index is 0.525. The molecule has 6 heteroatoms. The van der Waals surface area contributed by atoms with Gasteiger partial charge in [-0.1, -0.05) is 30.3 Å². The SMILES string of the molecule is N#Cc1c(-n2cncn2)nsc1-c1ccccc1. The predicted molar refractivity (Wildman–Crippen MR) is 67.2 cm³/mol. The maximum Gasteiger partial charge on any atom is 0.187 e. The van der Waals surface area contributed by atoms with Crippen molar-refractivity contribution in [1.82, 2.24) is 19.1 Å². The molecule has 1 aromatic carbocycles. The van der Waals surface area contributed by atoms with E-state index in [0.717, 1.165) is 10.4 Å². The van der Waals surface area contributed by atoms with E-state index in [1.807, 2.05) is 30.3 Å². The van der Waals surface area contributed by atoms with Crippen LogP contribution in [0.4, 0.5) is 0 Å². The Hall–Kier alpha value is -2.52. The van der Waals surface area contributed by atoms with Crippen LogP contribution in [0, 0.1) is 11.3 Å². The molecule has 0 aliphatic rings. The van der Waals surface area contributed by atoms with Gasteiger partial charge in [0.2, 0.25) is 0 Å². The fraction of sp³-hybridized carbons (Fsp3) is 0. The van der Waals surface area contributed by atoms with Gasteiger partial charge in [0, 0.05) is 0 Å². The van der Waals surface area contributed by atoms with Gasteiger partial charge >= 0.3 is 0 Å². The Kier molecular flexibility index (Phi) is 2.59. The molecule has 0 unspecified atom stereocenters. The molecular formula is C12H7N5S. The summed E-state index contributed by atoms with van der Waals surface area (Å²) in [6, 6.07) is 11.9.